The molecule has 0 unspecified atom stereocenters. The van der Waals surface area contributed by atoms with Crippen molar-refractivity contribution in [1.82, 2.24) is 4.90 Å². The van der Waals surface area contributed by atoms with Gasteiger partial charge >= 0.3 is 6.09 Å². The van der Waals surface area contributed by atoms with Gasteiger partial charge in [0.2, 0.25) is 5.24 Å². The van der Waals surface area contributed by atoms with Crippen LogP contribution >= 0.6 is 27.5 Å². The fraction of sp³-hybridized carbons (Fsp3) is 0.259. The van der Waals surface area contributed by atoms with Crippen LogP contribution in [0.15, 0.2) is 77.3 Å². The molecule has 33 heavy (non-hydrogen) atoms. The van der Waals surface area contributed by atoms with Crippen LogP contribution < -0.4 is 0 Å². The molecule has 0 radical (unpaired) electrons. The predicted octanol–water partition coefficient (Wildman–Crippen LogP) is 6.50. The second kappa shape index (κ2) is 8.96. The number of rotatable bonds is 4. The van der Waals surface area contributed by atoms with Gasteiger partial charge in [0.05, 0.1) is 5.41 Å². The second-order valence-electron chi connectivity index (χ2n) is 8.65. The number of hydrogen-bond acceptors (Lipinski definition) is 3. The topological polar surface area (TPSA) is 46.6 Å². The standard InChI is InChI=1S/C27H23BrClNO3/c28-19-11-9-18(10-12-19)27(25(29)31)13-15-30(16-14-27)26(32)33-17-24-22-7-3-1-5-20(22)21-6-2-4-8-23(21)24/h1-12,24H,13-17H2. The molecule has 0 atom stereocenters. The quantitative estimate of drug-likeness (QED) is 0.366. The number of benzene rings is 3. The molecule has 5 rings (SSSR count). The number of carbonyl (C=O) groups is 2. The molecule has 0 N–H and O–H groups in total. The summed E-state index contributed by atoms with van der Waals surface area (Å²) in [5.41, 5.74) is 4.89. The average Bonchev–Trinajstić information content (AvgIpc) is 3.16. The van der Waals surface area contributed by atoms with E-state index in [1.54, 1.807) is 4.90 Å². The van der Waals surface area contributed by atoms with Crippen LogP contribution in [0, 0.1) is 0 Å². The summed E-state index contributed by atoms with van der Waals surface area (Å²) in [6.45, 7) is 1.13. The highest BCUT2D eigenvalue weighted by Gasteiger charge is 2.43. The van der Waals surface area contributed by atoms with E-state index in [-0.39, 0.29) is 23.9 Å². The van der Waals surface area contributed by atoms with E-state index in [1.165, 1.54) is 22.3 Å². The molecular weight excluding hydrogens is 502 g/mol. The van der Waals surface area contributed by atoms with Gasteiger partial charge in [-0.2, -0.15) is 0 Å². The van der Waals surface area contributed by atoms with Gasteiger partial charge in [-0.05, 0) is 64.4 Å². The molecule has 1 amide bonds. The lowest BCUT2D eigenvalue weighted by Gasteiger charge is -2.39. The van der Waals surface area contributed by atoms with Gasteiger partial charge in [-0.3, -0.25) is 4.79 Å². The van der Waals surface area contributed by atoms with Gasteiger partial charge in [-0.25, -0.2) is 4.79 Å². The first kappa shape index (κ1) is 22.2. The van der Waals surface area contributed by atoms with Gasteiger partial charge in [0, 0.05) is 23.5 Å². The van der Waals surface area contributed by atoms with Gasteiger partial charge in [-0.15, -0.1) is 0 Å². The molecule has 1 heterocycles. The van der Waals surface area contributed by atoms with E-state index < -0.39 is 5.41 Å². The molecular formula is C27H23BrClNO3. The summed E-state index contributed by atoms with van der Waals surface area (Å²) in [6.07, 6.45) is 0.603. The number of likely N-dealkylation sites (tertiary alicyclic amines) is 1. The Morgan fingerprint density at radius 3 is 2.00 bits per heavy atom. The van der Waals surface area contributed by atoms with Crippen LogP contribution in [0.3, 0.4) is 0 Å². The largest absolute Gasteiger partial charge is 0.448 e. The molecule has 4 nitrogen and oxygen atoms in total. The van der Waals surface area contributed by atoms with Crippen molar-refractivity contribution in [2.24, 2.45) is 0 Å². The van der Waals surface area contributed by atoms with Crippen LogP contribution in [-0.4, -0.2) is 35.9 Å². The zero-order chi connectivity index (χ0) is 23.0. The van der Waals surface area contributed by atoms with Crippen molar-refractivity contribution in [3.05, 3.63) is 94.0 Å². The first-order valence-corrected chi connectivity index (χ1v) is 12.2. The smallest absolute Gasteiger partial charge is 0.409 e. The van der Waals surface area contributed by atoms with E-state index in [1.807, 2.05) is 48.5 Å². The maximum absolute atomic E-state index is 12.9. The zero-order valence-electron chi connectivity index (χ0n) is 18.0. The van der Waals surface area contributed by atoms with Crippen molar-refractivity contribution in [2.75, 3.05) is 19.7 Å². The van der Waals surface area contributed by atoms with Crippen molar-refractivity contribution in [2.45, 2.75) is 24.2 Å². The molecule has 0 aromatic heterocycles. The highest BCUT2D eigenvalue weighted by Crippen LogP contribution is 2.44. The minimum absolute atomic E-state index is 0.0254. The Morgan fingerprint density at radius 1 is 0.909 bits per heavy atom. The number of piperidine rings is 1. The third kappa shape index (κ3) is 3.98. The first-order valence-electron chi connectivity index (χ1n) is 11.1. The van der Waals surface area contributed by atoms with E-state index >= 15 is 0 Å². The summed E-state index contributed by atoms with van der Waals surface area (Å²) >= 11 is 9.50. The summed E-state index contributed by atoms with van der Waals surface area (Å²) < 4.78 is 6.74. The Morgan fingerprint density at radius 2 is 1.45 bits per heavy atom. The molecule has 0 spiro atoms. The fourth-order valence-corrected chi connectivity index (χ4v) is 5.69. The van der Waals surface area contributed by atoms with Crippen molar-refractivity contribution >= 4 is 38.9 Å². The third-order valence-electron chi connectivity index (χ3n) is 6.98. The van der Waals surface area contributed by atoms with Crippen LogP contribution in [0.1, 0.15) is 35.4 Å². The molecule has 6 heteroatoms. The lowest BCUT2D eigenvalue weighted by molar-refractivity contribution is -0.118. The molecule has 2 aliphatic rings. The number of hydrogen-bond donors (Lipinski definition) is 0. The normalized spacial score (nSPS) is 16.7. The van der Waals surface area contributed by atoms with Gasteiger partial charge in [-0.1, -0.05) is 76.6 Å². The maximum Gasteiger partial charge on any atom is 0.409 e. The summed E-state index contributed by atoms with van der Waals surface area (Å²) in [7, 11) is 0. The van der Waals surface area contributed by atoms with E-state index in [9.17, 15) is 9.59 Å². The Labute approximate surface area is 206 Å². The summed E-state index contributed by atoms with van der Waals surface area (Å²) in [6, 6.07) is 24.2. The molecule has 168 valence electrons. The number of halogens is 2. The van der Waals surface area contributed by atoms with Gasteiger partial charge in [0.1, 0.15) is 6.61 Å². The maximum atomic E-state index is 12.9. The molecule has 3 aromatic carbocycles. The molecule has 1 aliphatic heterocycles. The Hall–Kier alpha value is -2.63. The Bertz CT molecular complexity index is 1160. The number of amides is 1. The van der Waals surface area contributed by atoms with Crippen molar-refractivity contribution in [3.8, 4) is 11.1 Å². The van der Waals surface area contributed by atoms with Crippen LogP contribution in [0.4, 0.5) is 4.79 Å². The summed E-state index contributed by atoms with van der Waals surface area (Å²) in [5, 5.41) is -0.378. The molecule has 1 aliphatic carbocycles. The fourth-order valence-electron chi connectivity index (χ4n) is 5.12. The number of fused-ring (bicyclic) bond motifs is 3. The summed E-state index contributed by atoms with van der Waals surface area (Å²) in [5.74, 6) is 0.0254. The SMILES string of the molecule is O=C(OCC1c2ccccc2-c2ccccc21)N1CCC(C(=O)Cl)(c2ccc(Br)cc2)CC1. The van der Waals surface area contributed by atoms with Crippen LogP contribution in [0.25, 0.3) is 11.1 Å². The van der Waals surface area contributed by atoms with E-state index in [4.69, 9.17) is 16.3 Å². The van der Waals surface area contributed by atoms with Crippen molar-refractivity contribution < 1.29 is 14.3 Å². The number of nitrogens with zero attached hydrogens (tertiary/aromatic N) is 1. The molecule has 3 aromatic rings. The van der Waals surface area contributed by atoms with Crippen LogP contribution in [0.2, 0.25) is 0 Å². The minimum atomic E-state index is -0.775. The first-order chi connectivity index (χ1) is 16.0. The highest BCUT2D eigenvalue weighted by molar-refractivity contribution is 9.10. The zero-order valence-corrected chi connectivity index (χ0v) is 20.3. The van der Waals surface area contributed by atoms with E-state index in [0.29, 0.717) is 25.9 Å². The predicted molar refractivity (Wildman–Crippen MR) is 133 cm³/mol. The van der Waals surface area contributed by atoms with Crippen molar-refractivity contribution in [1.29, 1.82) is 0 Å². The molecule has 0 bridgehead atoms. The average molecular weight is 525 g/mol. The van der Waals surface area contributed by atoms with Crippen LogP contribution in [0.5, 0.6) is 0 Å². The van der Waals surface area contributed by atoms with Gasteiger partial charge < -0.3 is 9.64 Å². The monoisotopic (exact) mass is 523 g/mol. The highest BCUT2D eigenvalue weighted by atomic mass is 79.9. The van der Waals surface area contributed by atoms with Crippen LogP contribution in [-0.2, 0) is 14.9 Å². The lowest BCUT2D eigenvalue weighted by atomic mass is 9.74. The lowest BCUT2D eigenvalue weighted by Crippen LogP contribution is -2.48. The number of ether oxygens (including phenoxy) is 1. The van der Waals surface area contributed by atoms with E-state index in [2.05, 4.69) is 40.2 Å². The minimum Gasteiger partial charge on any atom is -0.448 e. The third-order valence-corrected chi connectivity index (χ3v) is 7.87. The molecule has 0 saturated carbocycles. The molecule has 1 saturated heterocycles. The van der Waals surface area contributed by atoms with Crippen molar-refractivity contribution in [3.63, 3.8) is 0 Å². The Kier molecular flexibility index (Phi) is 6.02. The summed E-state index contributed by atoms with van der Waals surface area (Å²) in [4.78, 5) is 27.0. The Balaban J connectivity index is 1.27. The van der Waals surface area contributed by atoms with E-state index in [0.717, 1.165) is 10.0 Å². The molecule has 1 fully saturated rings. The van der Waals surface area contributed by atoms with Gasteiger partial charge in [0.25, 0.3) is 0 Å². The number of carbonyl (C=O) groups excluding carboxylic acids is 2. The van der Waals surface area contributed by atoms with Gasteiger partial charge in [0.15, 0.2) is 0 Å². The second-order valence-corrected chi connectivity index (χ2v) is 9.91.